The van der Waals surface area contributed by atoms with Crippen LogP contribution in [-0.4, -0.2) is 65.2 Å². The van der Waals surface area contributed by atoms with Gasteiger partial charge in [-0.05, 0) is 44.6 Å². The predicted octanol–water partition coefficient (Wildman–Crippen LogP) is 1.75. The van der Waals surface area contributed by atoms with Crippen molar-refractivity contribution in [3.63, 3.8) is 0 Å². The van der Waals surface area contributed by atoms with Gasteiger partial charge in [0.1, 0.15) is 0 Å². The second kappa shape index (κ2) is 6.44. The largest absolute Gasteiger partial charge is 0.480 e. The van der Waals surface area contributed by atoms with Crippen molar-refractivity contribution in [2.24, 2.45) is 5.41 Å². The van der Waals surface area contributed by atoms with Crippen molar-refractivity contribution in [2.75, 3.05) is 20.1 Å². The molecule has 2 fully saturated rings. The van der Waals surface area contributed by atoms with E-state index in [0.717, 1.165) is 19.4 Å². The van der Waals surface area contributed by atoms with Gasteiger partial charge >= 0.3 is 12.0 Å². The van der Waals surface area contributed by atoms with Gasteiger partial charge in [-0.2, -0.15) is 0 Å². The van der Waals surface area contributed by atoms with E-state index in [2.05, 4.69) is 19.2 Å². The Bertz CT molecular complexity index is 430. The minimum Gasteiger partial charge on any atom is -0.480 e. The van der Waals surface area contributed by atoms with Gasteiger partial charge in [0.05, 0.1) is 6.54 Å². The van der Waals surface area contributed by atoms with Crippen LogP contribution in [0.15, 0.2) is 0 Å². The van der Waals surface area contributed by atoms with Crippen LogP contribution < -0.4 is 5.32 Å². The molecular weight excluding hydrogens is 282 g/mol. The highest BCUT2D eigenvalue weighted by Crippen LogP contribution is 2.49. The lowest BCUT2D eigenvalue weighted by atomic mass is 9.85. The first-order valence-corrected chi connectivity index (χ1v) is 8.26. The Morgan fingerprint density at radius 2 is 1.95 bits per heavy atom. The van der Waals surface area contributed by atoms with Gasteiger partial charge in [-0.1, -0.05) is 13.8 Å². The molecule has 22 heavy (non-hydrogen) atoms. The quantitative estimate of drug-likeness (QED) is 0.751. The van der Waals surface area contributed by atoms with E-state index in [9.17, 15) is 9.59 Å². The number of hydrogen-bond donors (Lipinski definition) is 2. The van der Waals surface area contributed by atoms with Crippen LogP contribution in [0, 0.1) is 5.41 Å². The number of aliphatic carboxylic acids is 1. The fourth-order valence-corrected chi connectivity index (χ4v) is 3.21. The zero-order valence-electron chi connectivity index (χ0n) is 14.1. The molecule has 1 atom stereocenters. The summed E-state index contributed by atoms with van der Waals surface area (Å²) in [6, 6.07) is 0.685. The van der Waals surface area contributed by atoms with Crippen LogP contribution in [0.4, 0.5) is 4.79 Å². The van der Waals surface area contributed by atoms with Gasteiger partial charge < -0.3 is 15.3 Å². The lowest BCUT2D eigenvalue weighted by Gasteiger charge is -2.43. The molecule has 2 amide bonds. The monoisotopic (exact) mass is 311 g/mol. The highest BCUT2D eigenvalue weighted by Gasteiger charge is 2.45. The standard InChI is InChI=1S/C16H29N3O3/c1-5-19(10-14(20)21)13-8-12(9-13)17-15(22)18(4)11(2)16(3)6-7-16/h11-13H,5-10H2,1-4H3,(H,17,22)(H,20,21). The number of carboxylic acids is 1. The van der Waals surface area contributed by atoms with Crippen molar-refractivity contribution in [3.05, 3.63) is 0 Å². The fraction of sp³-hybridized carbons (Fsp3) is 0.875. The SMILES string of the molecule is CCN(CC(=O)O)C1CC(NC(=O)N(C)C(C)C2(C)CC2)C1. The normalized spacial score (nSPS) is 27.0. The Morgan fingerprint density at radius 3 is 2.41 bits per heavy atom. The maximum absolute atomic E-state index is 12.3. The van der Waals surface area contributed by atoms with E-state index in [1.54, 1.807) is 0 Å². The molecule has 6 heteroatoms. The minimum absolute atomic E-state index is 0.00893. The lowest BCUT2D eigenvalue weighted by Crippen LogP contribution is -2.57. The average Bonchev–Trinajstić information content (AvgIpc) is 3.17. The molecule has 0 spiro atoms. The van der Waals surface area contributed by atoms with E-state index in [1.165, 1.54) is 12.8 Å². The Balaban J connectivity index is 1.74. The van der Waals surface area contributed by atoms with Gasteiger partial charge in [-0.3, -0.25) is 9.69 Å². The Kier molecular flexibility index (Phi) is 5.00. The molecule has 126 valence electrons. The summed E-state index contributed by atoms with van der Waals surface area (Å²) in [6.45, 7) is 7.12. The highest BCUT2D eigenvalue weighted by atomic mass is 16.4. The molecule has 6 nitrogen and oxygen atoms in total. The second-order valence-electron chi connectivity index (χ2n) is 7.17. The van der Waals surface area contributed by atoms with Crippen LogP contribution in [0.1, 0.15) is 46.5 Å². The summed E-state index contributed by atoms with van der Waals surface area (Å²) in [5.41, 5.74) is 0.286. The number of urea groups is 1. The van der Waals surface area contributed by atoms with E-state index in [-0.39, 0.29) is 36.1 Å². The molecule has 0 aliphatic heterocycles. The topological polar surface area (TPSA) is 72.9 Å². The van der Waals surface area contributed by atoms with Gasteiger partial charge in [0.15, 0.2) is 0 Å². The third-order valence-electron chi connectivity index (χ3n) is 5.65. The van der Waals surface area contributed by atoms with E-state index >= 15 is 0 Å². The first-order valence-electron chi connectivity index (χ1n) is 8.26. The van der Waals surface area contributed by atoms with Crippen LogP contribution >= 0.6 is 0 Å². The summed E-state index contributed by atoms with van der Waals surface area (Å²) in [6.07, 6.45) is 4.06. The molecule has 2 N–H and O–H groups in total. The number of nitrogens with one attached hydrogen (secondary N) is 1. The van der Waals surface area contributed by atoms with Crippen molar-refractivity contribution in [2.45, 2.75) is 64.6 Å². The predicted molar refractivity (Wildman–Crippen MR) is 84.8 cm³/mol. The van der Waals surface area contributed by atoms with Crippen LogP contribution in [-0.2, 0) is 4.79 Å². The van der Waals surface area contributed by atoms with E-state index in [4.69, 9.17) is 5.11 Å². The Morgan fingerprint density at radius 1 is 1.36 bits per heavy atom. The molecule has 1 unspecified atom stereocenters. The number of rotatable bonds is 7. The fourth-order valence-electron chi connectivity index (χ4n) is 3.21. The van der Waals surface area contributed by atoms with E-state index < -0.39 is 5.97 Å². The third-order valence-corrected chi connectivity index (χ3v) is 5.65. The Hall–Kier alpha value is -1.30. The third kappa shape index (κ3) is 3.72. The van der Waals surface area contributed by atoms with Crippen LogP contribution in [0.3, 0.4) is 0 Å². The summed E-state index contributed by atoms with van der Waals surface area (Å²) in [5, 5.41) is 12.0. The van der Waals surface area contributed by atoms with Gasteiger partial charge in [-0.25, -0.2) is 4.79 Å². The zero-order valence-corrected chi connectivity index (χ0v) is 14.1. The summed E-state index contributed by atoms with van der Waals surface area (Å²) < 4.78 is 0. The molecule has 2 saturated carbocycles. The summed E-state index contributed by atoms with van der Waals surface area (Å²) in [7, 11) is 1.86. The Labute approximate surface area is 132 Å². The molecule has 0 aromatic carbocycles. The van der Waals surface area contributed by atoms with Crippen LogP contribution in [0.5, 0.6) is 0 Å². The van der Waals surface area contributed by atoms with Gasteiger partial charge in [0.2, 0.25) is 0 Å². The number of hydrogen-bond acceptors (Lipinski definition) is 3. The van der Waals surface area contributed by atoms with Crippen molar-refractivity contribution >= 4 is 12.0 Å². The molecule has 0 saturated heterocycles. The highest BCUT2D eigenvalue weighted by molar-refractivity contribution is 5.75. The summed E-state index contributed by atoms with van der Waals surface area (Å²) in [4.78, 5) is 26.9. The number of likely N-dealkylation sites (N-methyl/N-ethyl adjacent to an activating group) is 1. The smallest absolute Gasteiger partial charge is 0.317 e. The van der Waals surface area contributed by atoms with Crippen molar-refractivity contribution in [1.29, 1.82) is 0 Å². The molecule has 2 aliphatic rings. The zero-order chi connectivity index (χ0) is 16.5. The summed E-state index contributed by atoms with van der Waals surface area (Å²) in [5.74, 6) is -0.791. The number of carboxylic acid groups (broad SMARTS) is 1. The van der Waals surface area contributed by atoms with Crippen LogP contribution in [0.25, 0.3) is 0 Å². The van der Waals surface area contributed by atoms with Gasteiger partial charge in [-0.15, -0.1) is 0 Å². The van der Waals surface area contributed by atoms with E-state index in [0.29, 0.717) is 0 Å². The van der Waals surface area contributed by atoms with Gasteiger partial charge in [0.25, 0.3) is 0 Å². The molecule has 2 rings (SSSR count). The molecule has 2 aliphatic carbocycles. The van der Waals surface area contributed by atoms with Crippen LogP contribution in [0.2, 0.25) is 0 Å². The number of amides is 2. The maximum atomic E-state index is 12.3. The molecule has 0 bridgehead atoms. The second-order valence-corrected chi connectivity index (χ2v) is 7.17. The first-order chi connectivity index (χ1) is 10.3. The van der Waals surface area contributed by atoms with Crippen molar-refractivity contribution in [3.8, 4) is 0 Å². The number of carbonyl (C=O) groups is 2. The molecule has 0 radical (unpaired) electrons. The summed E-state index contributed by atoms with van der Waals surface area (Å²) >= 11 is 0. The first kappa shape index (κ1) is 17.1. The number of nitrogens with zero attached hydrogens (tertiary/aromatic N) is 2. The molecule has 0 heterocycles. The molecule has 0 aromatic heterocycles. The lowest BCUT2D eigenvalue weighted by molar-refractivity contribution is -0.139. The molecule has 0 aromatic rings. The van der Waals surface area contributed by atoms with Gasteiger partial charge in [0, 0.05) is 25.2 Å². The van der Waals surface area contributed by atoms with Crippen molar-refractivity contribution < 1.29 is 14.7 Å². The minimum atomic E-state index is -0.791. The number of carbonyl (C=O) groups excluding carboxylic acids is 1. The van der Waals surface area contributed by atoms with Crippen molar-refractivity contribution in [1.82, 2.24) is 15.1 Å². The molecular formula is C16H29N3O3. The van der Waals surface area contributed by atoms with E-state index in [1.807, 2.05) is 23.8 Å². The average molecular weight is 311 g/mol. The maximum Gasteiger partial charge on any atom is 0.317 e.